The Bertz CT molecular complexity index is 175. The number of piperidine rings is 1. The Morgan fingerprint density at radius 2 is 2.00 bits per heavy atom. The molecular formula is C11H21FN2. The third kappa shape index (κ3) is 2.26. The fourth-order valence-corrected chi connectivity index (χ4v) is 2.74. The lowest BCUT2D eigenvalue weighted by Crippen LogP contribution is -2.42. The summed E-state index contributed by atoms with van der Waals surface area (Å²) < 4.78 is 13.0. The zero-order valence-electron chi connectivity index (χ0n) is 9.01. The van der Waals surface area contributed by atoms with Crippen LogP contribution in [0.2, 0.25) is 0 Å². The second-order valence-electron chi connectivity index (χ2n) is 4.71. The van der Waals surface area contributed by atoms with Gasteiger partial charge in [0.25, 0.3) is 0 Å². The number of alkyl halides is 1. The Morgan fingerprint density at radius 3 is 2.57 bits per heavy atom. The van der Waals surface area contributed by atoms with Gasteiger partial charge in [-0.15, -0.1) is 0 Å². The normalized spacial score (nSPS) is 33.4. The molecule has 2 aliphatic rings. The highest BCUT2D eigenvalue weighted by Gasteiger charge is 2.30. The summed E-state index contributed by atoms with van der Waals surface area (Å²) in [6.45, 7) is 6.19. The van der Waals surface area contributed by atoms with Gasteiger partial charge in [-0.05, 0) is 45.2 Å². The molecule has 2 unspecified atom stereocenters. The molecule has 0 amide bonds. The minimum atomic E-state index is -0.570. The molecule has 2 nitrogen and oxygen atoms in total. The summed E-state index contributed by atoms with van der Waals surface area (Å²) in [4.78, 5) is 2.33. The van der Waals surface area contributed by atoms with Crippen molar-refractivity contribution in [1.82, 2.24) is 10.2 Å². The molecule has 0 aromatic carbocycles. The number of nitrogens with zero attached hydrogens (tertiary/aromatic N) is 1. The first-order valence-corrected chi connectivity index (χ1v) is 5.86. The molecule has 2 heterocycles. The van der Waals surface area contributed by atoms with Crippen molar-refractivity contribution < 1.29 is 4.39 Å². The van der Waals surface area contributed by atoms with Crippen molar-refractivity contribution in [1.29, 1.82) is 0 Å². The smallest absolute Gasteiger partial charge is 0.114 e. The summed E-state index contributed by atoms with van der Waals surface area (Å²) in [6, 6.07) is 0.581. The summed E-state index contributed by atoms with van der Waals surface area (Å²) in [5, 5.41) is 3.38. The fraction of sp³-hybridized carbons (Fsp3) is 1.00. The van der Waals surface area contributed by atoms with E-state index < -0.39 is 6.17 Å². The number of hydrogen-bond acceptors (Lipinski definition) is 2. The minimum Gasteiger partial charge on any atom is -0.317 e. The third-order valence-corrected chi connectivity index (χ3v) is 3.80. The summed E-state index contributed by atoms with van der Waals surface area (Å²) in [5.41, 5.74) is 0. The Hall–Kier alpha value is -0.150. The number of rotatable bonds is 2. The molecular weight excluding hydrogens is 179 g/mol. The van der Waals surface area contributed by atoms with Crippen LogP contribution in [0.1, 0.15) is 26.2 Å². The summed E-state index contributed by atoms with van der Waals surface area (Å²) >= 11 is 0. The van der Waals surface area contributed by atoms with Crippen molar-refractivity contribution >= 4 is 0 Å². The van der Waals surface area contributed by atoms with Crippen LogP contribution in [0.5, 0.6) is 0 Å². The summed E-state index contributed by atoms with van der Waals surface area (Å²) in [5.74, 6) is 0.779. The molecule has 0 saturated carbocycles. The molecule has 2 aliphatic heterocycles. The summed E-state index contributed by atoms with van der Waals surface area (Å²) in [6.07, 6.45) is 2.69. The van der Waals surface area contributed by atoms with E-state index in [1.165, 1.54) is 12.8 Å². The van der Waals surface area contributed by atoms with Gasteiger partial charge in [0.1, 0.15) is 6.17 Å². The Morgan fingerprint density at radius 1 is 1.29 bits per heavy atom. The second-order valence-corrected chi connectivity index (χ2v) is 4.71. The van der Waals surface area contributed by atoms with E-state index in [0.717, 1.165) is 32.0 Å². The largest absolute Gasteiger partial charge is 0.317 e. The molecule has 0 aliphatic carbocycles. The van der Waals surface area contributed by atoms with E-state index in [9.17, 15) is 4.39 Å². The molecule has 0 aromatic heterocycles. The predicted octanol–water partition coefficient (Wildman–Crippen LogP) is 1.42. The first-order valence-electron chi connectivity index (χ1n) is 5.86. The van der Waals surface area contributed by atoms with Crippen LogP contribution in [0.3, 0.4) is 0 Å². The zero-order valence-corrected chi connectivity index (χ0v) is 9.01. The van der Waals surface area contributed by atoms with Crippen LogP contribution < -0.4 is 5.32 Å². The number of halogens is 1. The van der Waals surface area contributed by atoms with Gasteiger partial charge >= 0.3 is 0 Å². The van der Waals surface area contributed by atoms with Crippen molar-refractivity contribution in [2.45, 2.75) is 38.4 Å². The van der Waals surface area contributed by atoms with Gasteiger partial charge < -0.3 is 5.32 Å². The van der Waals surface area contributed by atoms with E-state index in [4.69, 9.17) is 0 Å². The van der Waals surface area contributed by atoms with Crippen LogP contribution in [-0.2, 0) is 0 Å². The lowest BCUT2D eigenvalue weighted by Gasteiger charge is -2.34. The number of nitrogens with one attached hydrogen (secondary N) is 1. The monoisotopic (exact) mass is 200 g/mol. The summed E-state index contributed by atoms with van der Waals surface area (Å²) in [7, 11) is 0. The van der Waals surface area contributed by atoms with Gasteiger partial charge in [0.15, 0.2) is 0 Å². The molecule has 14 heavy (non-hydrogen) atoms. The van der Waals surface area contributed by atoms with Crippen molar-refractivity contribution in [2.24, 2.45) is 5.92 Å². The molecule has 2 fully saturated rings. The lowest BCUT2D eigenvalue weighted by molar-refractivity contribution is 0.152. The van der Waals surface area contributed by atoms with Crippen LogP contribution in [0, 0.1) is 5.92 Å². The molecule has 2 atom stereocenters. The Kier molecular flexibility index (Phi) is 3.39. The van der Waals surface area contributed by atoms with E-state index in [1.807, 2.05) is 0 Å². The highest BCUT2D eigenvalue weighted by Crippen LogP contribution is 2.24. The van der Waals surface area contributed by atoms with Gasteiger partial charge in [-0.2, -0.15) is 0 Å². The average molecular weight is 200 g/mol. The number of likely N-dealkylation sites (tertiary alicyclic amines) is 1. The van der Waals surface area contributed by atoms with E-state index in [-0.39, 0.29) is 0 Å². The molecule has 82 valence electrons. The van der Waals surface area contributed by atoms with Crippen LogP contribution in [0.15, 0.2) is 0 Å². The molecule has 0 radical (unpaired) electrons. The molecule has 2 saturated heterocycles. The van der Waals surface area contributed by atoms with Gasteiger partial charge in [0.05, 0.1) is 0 Å². The molecule has 1 N–H and O–H groups in total. The average Bonchev–Trinajstić information content (AvgIpc) is 2.65. The van der Waals surface area contributed by atoms with Crippen molar-refractivity contribution in [3.63, 3.8) is 0 Å². The van der Waals surface area contributed by atoms with Crippen LogP contribution >= 0.6 is 0 Å². The molecule has 0 bridgehead atoms. The Labute approximate surface area is 85.9 Å². The predicted molar refractivity (Wildman–Crippen MR) is 56.1 cm³/mol. The van der Waals surface area contributed by atoms with Crippen LogP contribution in [0.25, 0.3) is 0 Å². The topological polar surface area (TPSA) is 15.3 Å². The zero-order chi connectivity index (χ0) is 9.97. The highest BCUT2D eigenvalue weighted by atomic mass is 19.1. The lowest BCUT2D eigenvalue weighted by atomic mass is 9.90. The SMILES string of the molecule is CC(C1CCNCC1)N1CCC(F)C1. The highest BCUT2D eigenvalue weighted by molar-refractivity contribution is 4.85. The van der Waals surface area contributed by atoms with Crippen molar-refractivity contribution in [2.75, 3.05) is 26.2 Å². The molecule has 0 aromatic rings. The maximum Gasteiger partial charge on any atom is 0.114 e. The fourth-order valence-electron chi connectivity index (χ4n) is 2.74. The first-order chi connectivity index (χ1) is 6.77. The van der Waals surface area contributed by atoms with E-state index in [0.29, 0.717) is 12.6 Å². The van der Waals surface area contributed by atoms with Gasteiger partial charge in [-0.1, -0.05) is 0 Å². The molecule has 2 rings (SSSR count). The van der Waals surface area contributed by atoms with E-state index in [2.05, 4.69) is 17.1 Å². The van der Waals surface area contributed by atoms with E-state index in [1.54, 1.807) is 0 Å². The third-order valence-electron chi connectivity index (χ3n) is 3.80. The van der Waals surface area contributed by atoms with Crippen molar-refractivity contribution in [3.8, 4) is 0 Å². The van der Waals surface area contributed by atoms with Gasteiger partial charge in [-0.25, -0.2) is 4.39 Å². The minimum absolute atomic E-state index is 0.570. The first kappa shape index (κ1) is 10.4. The van der Waals surface area contributed by atoms with E-state index >= 15 is 0 Å². The number of hydrogen-bond donors (Lipinski definition) is 1. The van der Waals surface area contributed by atoms with Crippen molar-refractivity contribution in [3.05, 3.63) is 0 Å². The molecule has 0 spiro atoms. The Balaban J connectivity index is 1.84. The molecule has 3 heteroatoms. The van der Waals surface area contributed by atoms with Gasteiger partial charge in [-0.3, -0.25) is 4.90 Å². The quantitative estimate of drug-likeness (QED) is 0.725. The van der Waals surface area contributed by atoms with Gasteiger partial charge in [0, 0.05) is 19.1 Å². The maximum atomic E-state index is 13.0. The van der Waals surface area contributed by atoms with Gasteiger partial charge in [0.2, 0.25) is 0 Å². The van der Waals surface area contributed by atoms with Crippen LogP contribution in [0.4, 0.5) is 4.39 Å². The second kappa shape index (κ2) is 4.58. The maximum absolute atomic E-state index is 13.0. The standard InChI is InChI=1S/C11H21FN2/c1-9(10-2-5-13-6-3-10)14-7-4-11(12)8-14/h9-11,13H,2-8H2,1H3. The van der Waals surface area contributed by atoms with Crippen LogP contribution in [-0.4, -0.2) is 43.3 Å².